The Morgan fingerprint density at radius 1 is 0.540 bits per heavy atom. The SMILES string of the molecule is CCCCCCCCCCCCCCCCCCCCCCC(=O)OC(COC(=O)CCC)COP(=O)(O)OC1C(O)C(O)C(O)C(O)C1O. The highest BCUT2D eigenvalue weighted by molar-refractivity contribution is 7.47. The Kier molecular flexibility index (Phi) is 26.6. The van der Waals surface area contributed by atoms with Gasteiger partial charge in [0.15, 0.2) is 6.10 Å². The van der Waals surface area contributed by atoms with E-state index < -0.39 is 75.7 Å². The number of hydrogen-bond acceptors (Lipinski definition) is 12. The third kappa shape index (κ3) is 21.4. The van der Waals surface area contributed by atoms with Gasteiger partial charge in [0.05, 0.1) is 6.61 Å². The molecule has 1 aliphatic carbocycles. The van der Waals surface area contributed by atoms with Gasteiger partial charge < -0.3 is 39.9 Å². The van der Waals surface area contributed by atoms with Crippen molar-refractivity contribution in [3.05, 3.63) is 0 Å². The van der Waals surface area contributed by atoms with Crippen molar-refractivity contribution in [1.82, 2.24) is 0 Å². The number of esters is 2. The van der Waals surface area contributed by atoms with Crippen LogP contribution in [0.3, 0.4) is 0 Å². The zero-order valence-corrected chi connectivity index (χ0v) is 31.6. The molecule has 14 heteroatoms. The van der Waals surface area contributed by atoms with Crippen molar-refractivity contribution in [3.8, 4) is 0 Å². The Labute approximate surface area is 300 Å². The van der Waals surface area contributed by atoms with Crippen LogP contribution in [0.1, 0.15) is 162 Å². The number of aliphatic hydroxyl groups excluding tert-OH is 5. The second-order valence-corrected chi connectivity index (χ2v) is 15.2. The lowest BCUT2D eigenvalue weighted by Gasteiger charge is -2.41. The van der Waals surface area contributed by atoms with Crippen LogP contribution in [-0.2, 0) is 32.7 Å². The molecule has 0 aromatic rings. The highest BCUT2D eigenvalue weighted by Crippen LogP contribution is 2.47. The summed E-state index contributed by atoms with van der Waals surface area (Å²) in [5.74, 6) is -1.15. The molecule has 0 aliphatic heterocycles. The summed E-state index contributed by atoms with van der Waals surface area (Å²) < 4.78 is 32.7. The van der Waals surface area contributed by atoms with Gasteiger partial charge in [-0.05, 0) is 12.8 Å². The van der Waals surface area contributed by atoms with Crippen molar-refractivity contribution in [3.63, 3.8) is 0 Å². The molecule has 0 aromatic carbocycles. The Balaban J connectivity index is 2.25. The molecular formula is C36H69O13P. The predicted octanol–water partition coefficient (Wildman–Crippen LogP) is 5.77. The first-order valence-corrected chi connectivity index (χ1v) is 20.8. The van der Waals surface area contributed by atoms with E-state index in [1.54, 1.807) is 6.92 Å². The zero-order chi connectivity index (χ0) is 37.2. The monoisotopic (exact) mass is 740 g/mol. The molecule has 0 radical (unpaired) electrons. The van der Waals surface area contributed by atoms with E-state index in [0.29, 0.717) is 12.8 Å². The average Bonchev–Trinajstić information content (AvgIpc) is 3.08. The van der Waals surface area contributed by atoms with Crippen LogP contribution in [0.25, 0.3) is 0 Å². The van der Waals surface area contributed by atoms with Gasteiger partial charge in [-0.15, -0.1) is 0 Å². The van der Waals surface area contributed by atoms with Crippen LogP contribution in [0.5, 0.6) is 0 Å². The summed E-state index contributed by atoms with van der Waals surface area (Å²) in [6.07, 6.45) is 12.5. The summed E-state index contributed by atoms with van der Waals surface area (Å²) >= 11 is 0. The van der Waals surface area contributed by atoms with Crippen LogP contribution in [-0.4, -0.2) is 98.3 Å². The average molecular weight is 741 g/mol. The van der Waals surface area contributed by atoms with Gasteiger partial charge in [0.25, 0.3) is 0 Å². The molecule has 0 bridgehead atoms. The van der Waals surface area contributed by atoms with E-state index in [1.807, 2.05) is 0 Å². The Morgan fingerprint density at radius 2 is 0.940 bits per heavy atom. The molecule has 6 atom stereocenters. The molecule has 296 valence electrons. The number of carbonyl (C=O) groups is 2. The normalized spacial score (nSPS) is 24.1. The van der Waals surface area contributed by atoms with Crippen LogP contribution < -0.4 is 0 Å². The number of hydrogen-bond donors (Lipinski definition) is 6. The van der Waals surface area contributed by atoms with E-state index in [-0.39, 0.29) is 12.8 Å². The lowest BCUT2D eigenvalue weighted by atomic mass is 9.85. The second-order valence-electron chi connectivity index (χ2n) is 13.8. The van der Waals surface area contributed by atoms with Crippen LogP contribution in [0.4, 0.5) is 0 Å². The maximum absolute atomic E-state index is 12.6. The lowest BCUT2D eigenvalue weighted by molar-refractivity contribution is -0.220. The highest BCUT2D eigenvalue weighted by atomic mass is 31.2. The molecule has 50 heavy (non-hydrogen) atoms. The molecule has 1 rings (SSSR count). The van der Waals surface area contributed by atoms with Gasteiger partial charge in [-0.1, -0.05) is 136 Å². The molecule has 1 fully saturated rings. The molecule has 0 spiro atoms. The summed E-state index contributed by atoms with van der Waals surface area (Å²) in [4.78, 5) is 34.6. The highest BCUT2D eigenvalue weighted by Gasteiger charge is 2.51. The van der Waals surface area contributed by atoms with Crippen LogP contribution in [0.15, 0.2) is 0 Å². The maximum Gasteiger partial charge on any atom is 0.472 e. The summed E-state index contributed by atoms with van der Waals surface area (Å²) in [7, 11) is -5.08. The molecule has 1 saturated carbocycles. The molecule has 0 heterocycles. The van der Waals surface area contributed by atoms with E-state index in [1.165, 1.54) is 103 Å². The first kappa shape index (κ1) is 46.9. The number of aliphatic hydroxyl groups is 5. The van der Waals surface area contributed by atoms with Crippen molar-refractivity contribution in [2.45, 2.75) is 204 Å². The van der Waals surface area contributed by atoms with Gasteiger partial charge in [-0.2, -0.15) is 0 Å². The van der Waals surface area contributed by atoms with Crippen LogP contribution >= 0.6 is 7.82 Å². The number of rotatable bonds is 31. The minimum absolute atomic E-state index is 0.101. The second kappa shape index (κ2) is 28.4. The van der Waals surface area contributed by atoms with Crippen molar-refractivity contribution >= 4 is 19.8 Å². The first-order valence-electron chi connectivity index (χ1n) is 19.3. The van der Waals surface area contributed by atoms with E-state index >= 15 is 0 Å². The molecule has 0 saturated heterocycles. The summed E-state index contributed by atoms with van der Waals surface area (Å²) in [5.41, 5.74) is 0. The predicted molar refractivity (Wildman–Crippen MR) is 189 cm³/mol. The number of phosphoric ester groups is 1. The van der Waals surface area contributed by atoms with Gasteiger partial charge in [0, 0.05) is 12.8 Å². The van der Waals surface area contributed by atoms with E-state index in [2.05, 4.69) is 6.92 Å². The van der Waals surface area contributed by atoms with Crippen molar-refractivity contribution in [2.75, 3.05) is 13.2 Å². The van der Waals surface area contributed by atoms with E-state index in [0.717, 1.165) is 19.3 Å². The zero-order valence-electron chi connectivity index (χ0n) is 30.7. The van der Waals surface area contributed by atoms with Crippen LogP contribution in [0.2, 0.25) is 0 Å². The smallest absolute Gasteiger partial charge is 0.462 e. The third-order valence-electron chi connectivity index (χ3n) is 9.17. The minimum atomic E-state index is -5.08. The Morgan fingerprint density at radius 3 is 1.36 bits per heavy atom. The summed E-state index contributed by atoms with van der Waals surface area (Å²) in [5, 5.41) is 49.5. The topological polar surface area (TPSA) is 210 Å². The fourth-order valence-electron chi connectivity index (χ4n) is 6.03. The number of ether oxygens (including phenoxy) is 2. The Bertz CT molecular complexity index is 906. The lowest BCUT2D eigenvalue weighted by Crippen LogP contribution is -2.64. The summed E-state index contributed by atoms with van der Waals surface area (Å²) in [6, 6.07) is 0. The van der Waals surface area contributed by atoms with Crippen molar-refractivity contribution in [1.29, 1.82) is 0 Å². The van der Waals surface area contributed by atoms with E-state index in [4.69, 9.17) is 18.5 Å². The molecule has 6 N–H and O–H groups in total. The molecule has 0 aromatic heterocycles. The van der Waals surface area contributed by atoms with E-state index in [9.17, 15) is 44.6 Å². The van der Waals surface area contributed by atoms with Crippen LogP contribution in [0, 0.1) is 0 Å². The fourth-order valence-corrected chi connectivity index (χ4v) is 7.00. The molecule has 13 nitrogen and oxygen atoms in total. The number of unbranched alkanes of at least 4 members (excludes halogenated alkanes) is 19. The largest absolute Gasteiger partial charge is 0.472 e. The quantitative estimate of drug-likeness (QED) is 0.0284. The number of phosphoric acid groups is 1. The molecule has 6 unspecified atom stereocenters. The molecule has 0 amide bonds. The van der Waals surface area contributed by atoms with Gasteiger partial charge >= 0.3 is 19.8 Å². The molecule has 1 aliphatic rings. The van der Waals surface area contributed by atoms with Gasteiger partial charge in [0.2, 0.25) is 0 Å². The minimum Gasteiger partial charge on any atom is -0.462 e. The third-order valence-corrected chi connectivity index (χ3v) is 10.2. The fraction of sp³-hybridized carbons (Fsp3) is 0.944. The summed E-state index contributed by atoms with van der Waals surface area (Å²) in [6.45, 7) is 2.86. The Hall–Kier alpha value is -1.15. The van der Waals surface area contributed by atoms with Gasteiger partial charge in [-0.3, -0.25) is 18.6 Å². The van der Waals surface area contributed by atoms with Gasteiger partial charge in [0.1, 0.15) is 43.2 Å². The standard InChI is InChI=1S/C36H69O13P/c1-3-5-6-7-8-9-10-11-12-13-14-15-16-17-18-19-20-21-22-23-25-30(38)48-28(26-46-29(37)24-4-2)27-47-50(44,45)49-36-34(42)32(40)31(39)33(41)35(36)43/h28,31-36,39-43H,3-27H2,1-2H3,(H,44,45). The molecular weight excluding hydrogens is 671 g/mol. The van der Waals surface area contributed by atoms with Crippen molar-refractivity contribution in [2.24, 2.45) is 0 Å². The first-order chi connectivity index (χ1) is 23.9. The number of carbonyl (C=O) groups excluding carboxylic acids is 2. The van der Waals surface area contributed by atoms with Crippen molar-refractivity contribution < 1.29 is 63.1 Å². The van der Waals surface area contributed by atoms with Gasteiger partial charge in [-0.25, -0.2) is 4.57 Å². The maximum atomic E-state index is 12.6.